The van der Waals surface area contributed by atoms with Crippen LogP contribution in [0.3, 0.4) is 0 Å². The number of fused-ring (bicyclic) bond motifs is 2. The van der Waals surface area contributed by atoms with Gasteiger partial charge in [-0.1, -0.05) is 0 Å². The number of carbonyl (C=O) groups is 2. The second-order valence-corrected chi connectivity index (χ2v) is 7.67. The molecule has 1 unspecified atom stereocenters. The van der Waals surface area contributed by atoms with Crippen molar-refractivity contribution in [1.82, 2.24) is 20.8 Å². The van der Waals surface area contributed by atoms with E-state index in [1.54, 1.807) is 0 Å². The van der Waals surface area contributed by atoms with Gasteiger partial charge in [0.1, 0.15) is 6.04 Å². The Labute approximate surface area is 156 Å². The lowest BCUT2D eigenvalue weighted by Gasteiger charge is -2.29. The van der Waals surface area contributed by atoms with Crippen LogP contribution in [-0.4, -0.2) is 85.9 Å². The summed E-state index contributed by atoms with van der Waals surface area (Å²) in [5.74, 6) is -0.505. The first-order valence-electron chi connectivity index (χ1n) is 8.86. The number of amides is 3. The molecular formula is C14H24N4O8S. The molecule has 3 fully saturated rings. The standard InChI is InChI=1S/C14H24N4O8S/c19-13(16-25-7-6-24-11-2-1-5-15-8-11)12-4-3-10-9-17(12)14(20)18(10)26-27(21,22)23/h10-12,15H,1-9H2,(H,16,19)(H,21,22,23)/t10-,11?,12+/m1/s1. The Morgan fingerprint density at radius 2 is 2.11 bits per heavy atom. The minimum Gasteiger partial charge on any atom is -0.374 e. The van der Waals surface area contributed by atoms with Gasteiger partial charge in [0.15, 0.2) is 0 Å². The van der Waals surface area contributed by atoms with Crippen LogP contribution in [0.1, 0.15) is 25.7 Å². The quantitative estimate of drug-likeness (QED) is 0.256. The SMILES string of the molecule is O=C(NOCCOC1CCCNC1)[C@@H]1CC[C@@H]2CN1C(=O)N2OS(=O)(=O)O. The van der Waals surface area contributed by atoms with Crippen molar-refractivity contribution in [3.8, 4) is 0 Å². The Morgan fingerprint density at radius 1 is 1.30 bits per heavy atom. The first-order chi connectivity index (χ1) is 12.8. The maximum Gasteiger partial charge on any atom is 0.418 e. The van der Waals surface area contributed by atoms with Crippen LogP contribution in [0.2, 0.25) is 0 Å². The number of carbonyl (C=O) groups excluding carboxylic acids is 2. The number of hydroxylamine groups is 3. The van der Waals surface area contributed by atoms with Crippen LogP contribution in [0, 0.1) is 0 Å². The zero-order chi connectivity index (χ0) is 19.4. The minimum absolute atomic E-state index is 0.129. The third-order valence-corrected chi connectivity index (χ3v) is 5.11. The van der Waals surface area contributed by atoms with Gasteiger partial charge in [0.2, 0.25) is 0 Å². The van der Waals surface area contributed by atoms with Crippen molar-refractivity contribution < 1.29 is 36.4 Å². The van der Waals surface area contributed by atoms with Crippen molar-refractivity contribution in [2.75, 3.05) is 32.8 Å². The van der Waals surface area contributed by atoms with Gasteiger partial charge < -0.3 is 15.0 Å². The van der Waals surface area contributed by atoms with Crippen LogP contribution in [0.4, 0.5) is 4.79 Å². The smallest absolute Gasteiger partial charge is 0.374 e. The first-order valence-corrected chi connectivity index (χ1v) is 10.2. The molecule has 3 amide bonds. The van der Waals surface area contributed by atoms with Gasteiger partial charge in [-0.15, -0.1) is 4.28 Å². The van der Waals surface area contributed by atoms with E-state index in [0.29, 0.717) is 24.5 Å². The van der Waals surface area contributed by atoms with Crippen LogP contribution < -0.4 is 10.8 Å². The number of rotatable bonds is 8. The number of nitrogens with zero attached hydrogens (tertiary/aromatic N) is 2. The summed E-state index contributed by atoms with van der Waals surface area (Å²) in [7, 11) is -4.81. The third kappa shape index (κ3) is 5.27. The molecule has 3 aliphatic rings. The Bertz CT molecular complexity index is 654. The number of ether oxygens (including phenoxy) is 1. The van der Waals surface area contributed by atoms with E-state index in [0.717, 1.165) is 25.9 Å². The van der Waals surface area contributed by atoms with E-state index in [9.17, 15) is 18.0 Å². The Balaban J connectivity index is 1.41. The summed E-state index contributed by atoms with van der Waals surface area (Å²) in [4.78, 5) is 30.8. The van der Waals surface area contributed by atoms with Gasteiger partial charge in [-0.3, -0.25) is 14.2 Å². The van der Waals surface area contributed by atoms with Crippen LogP contribution in [0.15, 0.2) is 0 Å². The highest BCUT2D eigenvalue weighted by Gasteiger charge is 2.49. The molecule has 0 aromatic rings. The summed E-state index contributed by atoms with van der Waals surface area (Å²) in [5.41, 5.74) is 2.30. The zero-order valence-corrected chi connectivity index (χ0v) is 15.5. The maximum atomic E-state index is 12.3. The van der Waals surface area contributed by atoms with E-state index in [-0.39, 0.29) is 19.3 Å². The molecule has 27 heavy (non-hydrogen) atoms. The third-order valence-electron chi connectivity index (χ3n) is 4.76. The number of piperidine rings is 2. The molecule has 3 aliphatic heterocycles. The number of urea groups is 1. The fraction of sp³-hybridized carbons (Fsp3) is 0.857. The van der Waals surface area contributed by atoms with E-state index in [2.05, 4.69) is 15.1 Å². The fourth-order valence-corrected chi connectivity index (χ4v) is 3.90. The molecule has 3 atom stereocenters. The van der Waals surface area contributed by atoms with Crippen LogP contribution >= 0.6 is 0 Å². The van der Waals surface area contributed by atoms with Crippen molar-refractivity contribution >= 4 is 22.3 Å². The Kier molecular flexibility index (Phi) is 6.49. The van der Waals surface area contributed by atoms with Gasteiger partial charge in [0, 0.05) is 13.1 Å². The molecule has 0 aromatic heterocycles. The van der Waals surface area contributed by atoms with Gasteiger partial charge in [0.05, 0.1) is 25.4 Å². The molecule has 3 saturated heterocycles. The highest BCUT2D eigenvalue weighted by Crippen LogP contribution is 2.30. The van der Waals surface area contributed by atoms with Gasteiger partial charge in [-0.25, -0.2) is 10.3 Å². The maximum absolute atomic E-state index is 12.3. The van der Waals surface area contributed by atoms with Crippen molar-refractivity contribution in [3.63, 3.8) is 0 Å². The lowest BCUT2D eigenvalue weighted by Crippen LogP contribution is -2.49. The van der Waals surface area contributed by atoms with Crippen molar-refractivity contribution in [3.05, 3.63) is 0 Å². The lowest BCUT2D eigenvalue weighted by molar-refractivity contribution is -0.140. The minimum atomic E-state index is -4.81. The molecule has 12 nitrogen and oxygen atoms in total. The molecule has 0 spiro atoms. The van der Waals surface area contributed by atoms with Gasteiger partial charge in [-0.2, -0.15) is 13.5 Å². The summed E-state index contributed by atoms with van der Waals surface area (Å²) in [6.07, 6.45) is 2.87. The second kappa shape index (κ2) is 8.67. The average Bonchev–Trinajstić information content (AvgIpc) is 2.86. The molecule has 0 saturated carbocycles. The second-order valence-electron chi connectivity index (χ2n) is 6.66. The van der Waals surface area contributed by atoms with E-state index in [1.165, 1.54) is 4.90 Å². The predicted octanol–water partition coefficient (Wildman–Crippen LogP) is -1.19. The molecule has 13 heteroatoms. The fourth-order valence-electron chi connectivity index (χ4n) is 3.51. The predicted molar refractivity (Wildman–Crippen MR) is 89.3 cm³/mol. The summed E-state index contributed by atoms with van der Waals surface area (Å²) < 4.78 is 40.4. The van der Waals surface area contributed by atoms with Crippen LogP contribution in [0.25, 0.3) is 0 Å². The van der Waals surface area contributed by atoms with Crippen LogP contribution in [0.5, 0.6) is 0 Å². The summed E-state index contributed by atoms with van der Waals surface area (Å²) >= 11 is 0. The Hall–Kier alpha value is -1.51. The number of nitrogens with one attached hydrogen (secondary N) is 2. The number of hydrogen-bond acceptors (Lipinski definition) is 8. The van der Waals surface area contributed by atoms with Crippen molar-refractivity contribution in [1.29, 1.82) is 0 Å². The van der Waals surface area contributed by atoms with E-state index >= 15 is 0 Å². The average molecular weight is 408 g/mol. The van der Waals surface area contributed by atoms with E-state index < -0.39 is 34.4 Å². The largest absolute Gasteiger partial charge is 0.418 e. The zero-order valence-electron chi connectivity index (χ0n) is 14.7. The summed E-state index contributed by atoms with van der Waals surface area (Å²) in [6.45, 7) is 2.43. The van der Waals surface area contributed by atoms with Gasteiger partial charge >= 0.3 is 16.4 Å². The van der Waals surface area contributed by atoms with Gasteiger partial charge in [0.25, 0.3) is 5.91 Å². The van der Waals surface area contributed by atoms with E-state index in [4.69, 9.17) is 14.1 Å². The number of hydrogen-bond donors (Lipinski definition) is 3. The van der Waals surface area contributed by atoms with Crippen molar-refractivity contribution in [2.45, 2.75) is 43.9 Å². The monoisotopic (exact) mass is 408 g/mol. The normalized spacial score (nSPS) is 28.5. The molecule has 0 aliphatic carbocycles. The molecule has 0 aromatic carbocycles. The van der Waals surface area contributed by atoms with Crippen LogP contribution in [-0.2, 0) is 29.1 Å². The topological polar surface area (TPSA) is 147 Å². The molecule has 2 bridgehead atoms. The molecule has 3 N–H and O–H groups in total. The first kappa shape index (κ1) is 20.2. The van der Waals surface area contributed by atoms with Gasteiger partial charge in [-0.05, 0) is 32.2 Å². The van der Waals surface area contributed by atoms with Crippen molar-refractivity contribution in [2.24, 2.45) is 0 Å². The molecular weight excluding hydrogens is 384 g/mol. The molecule has 3 heterocycles. The highest BCUT2D eigenvalue weighted by atomic mass is 32.3. The highest BCUT2D eigenvalue weighted by molar-refractivity contribution is 7.80. The molecule has 154 valence electrons. The van der Waals surface area contributed by atoms with E-state index in [1.807, 2.05) is 0 Å². The summed E-state index contributed by atoms with van der Waals surface area (Å²) in [6, 6.07) is -2.13. The Morgan fingerprint density at radius 3 is 2.81 bits per heavy atom. The lowest BCUT2D eigenvalue weighted by atomic mass is 10.0. The molecule has 0 radical (unpaired) electrons. The molecule has 3 rings (SSSR count). The summed E-state index contributed by atoms with van der Waals surface area (Å²) in [5, 5.41) is 3.83.